The van der Waals surface area contributed by atoms with Crippen LogP contribution in [0, 0.1) is 0 Å². The Balaban J connectivity index is 1.33. The second-order valence-corrected chi connectivity index (χ2v) is 13.1. The zero-order valence-corrected chi connectivity index (χ0v) is 28.0. The molecule has 3 aromatic rings. The predicted octanol–water partition coefficient (Wildman–Crippen LogP) is 5.71. The highest BCUT2D eigenvalue weighted by molar-refractivity contribution is 6.35. The number of likely N-dealkylation sites (tertiary alicyclic amines) is 1. The van der Waals surface area contributed by atoms with Crippen molar-refractivity contribution >= 4 is 63.8 Å². The van der Waals surface area contributed by atoms with Crippen LogP contribution < -0.4 is 20.3 Å². The third-order valence-electron chi connectivity index (χ3n) is 7.66. The van der Waals surface area contributed by atoms with Gasteiger partial charge in [0, 0.05) is 60.6 Å². The lowest BCUT2D eigenvalue weighted by Gasteiger charge is -2.37. The number of carbonyl (C=O) groups excluding carboxylic acids is 3. The standard InChI is InChI=1S/C32H39Cl2N7O5/c1-5-35-30(43)36-22-10-11-25-23(18-22)27(45-19-20-8-9-21(33)17-24(20)34)38-29(37-25)40-15-13-39(14-16-40)28(42)26-7-6-12-41(26)31(44)46-32(2,3)4/h8-11,17-18,26H,5-7,12-16,19H2,1-4H3,(H2,35,36,43). The molecule has 1 atom stereocenters. The van der Waals surface area contributed by atoms with Gasteiger partial charge < -0.3 is 29.9 Å². The molecule has 2 aromatic carbocycles. The zero-order chi connectivity index (χ0) is 33.0. The number of urea groups is 1. The molecule has 2 aliphatic heterocycles. The number of piperazine rings is 1. The van der Waals surface area contributed by atoms with Gasteiger partial charge in [0.1, 0.15) is 18.2 Å². The van der Waals surface area contributed by atoms with Gasteiger partial charge in [-0.15, -0.1) is 0 Å². The van der Waals surface area contributed by atoms with E-state index in [0.717, 1.165) is 12.0 Å². The van der Waals surface area contributed by atoms with Crippen molar-refractivity contribution in [2.24, 2.45) is 0 Å². The molecule has 12 nitrogen and oxygen atoms in total. The average molecular weight is 673 g/mol. The third kappa shape index (κ3) is 8.03. The lowest BCUT2D eigenvalue weighted by Crippen LogP contribution is -2.55. The molecule has 246 valence electrons. The van der Waals surface area contributed by atoms with Crippen LogP contribution in [0.15, 0.2) is 36.4 Å². The van der Waals surface area contributed by atoms with E-state index in [-0.39, 0.29) is 18.5 Å². The highest BCUT2D eigenvalue weighted by Crippen LogP contribution is 2.31. The Morgan fingerprint density at radius 3 is 2.46 bits per heavy atom. The molecule has 0 radical (unpaired) electrons. The summed E-state index contributed by atoms with van der Waals surface area (Å²) in [5.41, 5.74) is 1.28. The van der Waals surface area contributed by atoms with Crippen molar-refractivity contribution in [2.45, 2.75) is 58.8 Å². The maximum absolute atomic E-state index is 13.5. The topological polar surface area (TPSA) is 129 Å². The van der Waals surface area contributed by atoms with Crippen LogP contribution in [0.2, 0.25) is 10.0 Å². The maximum atomic E-state index is 13.5. The summed E-state index contributed by atoms with van der Waals surface area (Å²) in [7, 11) is 0. The number of aromatic nitrogens is 2. The minimum absolute atomic E-state index is 0.0709. The molecule has 2 N–H and O–H groups in total. The molecular formula is C32H39Cl2N7O5. The summed E-state index contributed by atoms with van der Waals surface area (Å²) in [4.78, 5) is 53.4. The number of hydrogen-bond donors (Lipinski definition) is 2. The van der Waals surface area contributed by atoms with E-state index in [1.807, 2.05) is 32.6 Å². The summed E-state index contributed by atoms with van der Waals surface area (Å²) < 4.78 is 11.8. The van der Waals surface area contributed by atoms with Gasteiger partial charge in [-0.05, 0) is 70.9 Å². The molecule has 0 saturated carbocycles. The van der Waals surface area contributed by atoms with E-state index < -0.39 is 17.7 Å². The SMILES string of the molecule is CCNC(=O)Nc1ccc2nc(N3CCN(C(=O)C4CCCN4C(=O)OC(C)(C)C)CC3)nc(OCc3ccc(Cl)cc3Cl)c2c1. The largest absolute Gasteiger partial charge is 0.472 e. The van der Waals surface area contributed by atoms with Gasteiger partial charge in [-0.3, -0.25) is 9.69 Å². The maximum Gasteiger partial charge on any atom is 0.410 e. The highest BCUT2D eigenvalue weighted by Gasteiger charge is 2.39. The Morgan fingerprint density at radius 1 is 1.00 bits per heavy atom. The molecule has 2 saturated heterocycles. The van der Waals surface area contributed by atoms with Gasteiger partial charge in [0.15, 0.2) is 0 Å². The lowest BCUT2D eigenvalue weighted by molar-refractivity contribution is -0.136. The molecule has 5 rings (SSSR count). The number of nitrogens with zero attached hydrogens (tertiary/aromatic N) is 5. The predicted molar refractivity (Wildman–Crippen MR) is 178 cm³/mol. The van der Waals surface area contributed by atoms with Crippen molar-refractivity contribution in [2.75, 3.05) is 49.5 Å². The van der Waals surface area contributed by atoms with Crippen LogP contribution in [0.25, 0.3) is 10.9 Å². The van der Waals surface area contributed by atoms with E-state index >= 15 is 0 Å². The summed E-state index contributed by atoms with van der Waals surface area (Å²) in [6.07, 6.45) is 0.912. The minimum Gasteiger partial charge on any atom is -0.472 e. The van der Waals surface area contributed by atoms with Gasteiger partial charge in [0.2, 0.25) is 17.7 Å². The number of anilines is 2. The molecule has 2 aliphatic rings. The van der Waals surface area contributed by atoms with Gasteiger partial charge in [-0.1, -0.05) is 29.3 Å². The number of halogens is 2. The Kier molecular flexibility index (Phi) is 10.3. The first-order valence-electron chi connectivity index (χ1n) is 15.4. The summed E-state index contributed by atoms with van der Waals surface area (Å²) in [5, 5.41) is 7.13. The first-order valence-corrected chi connectivity index (χ1v) is 16.1. The Bertz CT molecular complexity index is 1610. The van der Waals surface area contributed by atoms with Gasteiger partial charge in [-0.25, -0.2) is 14.6 Å². The molecule has 0 bridgehead atoms. The second kappa shape index (κ2) is 14.2. The van der Waals surface area contributed by atoms with Crippen molar-refractivity contribution in [3.63, 3.8) is 0 Å². The number of ether oxygens (including phenoxy) is 2. The summed E-state index contributed by atoms with van der Waals surface area (Å²) in [5.74, 6) is 0.707. The van der Waals surface area contributed by atoms with Crippen molar-refractivity contribution in [1.82, 2.24) is 25.1 Å². The molecule has 0 aliphatic carbocycles. The second-order valence-electron chi connectivity index (χ2n) is 12.2. The van der Waals surface area contributed by atoms with Crippen LogP contribution in [0.5, 0.6) is 5.88 Å². The van der Waals surface area contributed by atoms with Crippen LogP contribution in [-0.4, -0.2) is 88.7 Å². The van der Waals surface area contributed by atoms with Gasteiger partial charge in [-0.2, -0.15) is 4.98 Å². The van der Waals surface area contributed by atoms with Crippen LogP contribution in [0.3, 0.4) is 0 Å². The first-order chi connectivity index (χ1) is 21.9. The number of rotatable bonds is 7. The van der Waals surface area contributed by atoms with Gasteiger partial charge in [0.25, 0.3) is 0 Å². The molecule has 2 fully saturated rings. The monoisotopic (exact) mass is 671 g/mol. The fourth-order valence-corrected chi connectivity index (χ4v) is 5.90. The van der Waals surface area contributed by atoms with Crippen molar-refractivity contribution in [1.29, 1.82) is 0 Å². The number of fused-ring (bicyclic) bond motifs is 1. The quantitative estimate of drug-likeness (QED) is 0.327. The lowest BCUT2D eigenvalue weighted by atomic mass is 10.1. The molecule has 46 heavy (non-hydrogen) atoms. The van der Waals surface area contributed by atoms with E-state index in [2.05, 4.69) is 10.6 Å². The fourth-order valence-electron chi connectivity index (χ4n) is 5.44. The summed E-state index contributed by atoms with van der Waals surface area (Å²) >= 11 is 12.5. The van der Waals surface area contributed by atoms with Gasteiger partial charge >= 0.3 is 12.1 Å². The summed E-state index contributed by atoms with van der Waals surface area (Å²) in [6.45, 7) is 10.3. The first kappa shape index (κ1) is 33.3. The molecule has 1 aromatic heterocycles. The third-order valence-corrected chi connectivity index (χ3v) is 8.25. The molecular weight excluding hydrogens is 633 g/mol. The number of hydrogen-bond acceptors (Lipinski definition) is 8. The van der Waals surface area contributed by atoms with E-state index in [4.69, 9.17) is 42.6 Å². The molecule has 4 amide bonds. The van der Waals surface area contributed by atoms with Crippen LogP contribution in [0.4, 0.5) is 21.2 Å². The fraction of sp³-hybridized carbons (Fsp3) is 0.469. The number of benzene rings is 2. The van der Waals surface area contributed by atoms with E-state index in [1.54, 1.807) is 46.2 Å². The molecule has 1 unspecified atom stereocenters. The Hall–Kier alpha value is -4.03. The minimum atomic E-state index is -0.635. The summed E-state index contributed by atoms with van der Waals surface area (Å²) in [6, 6.07) is 9.66. The van der Waals surface area contributed by atoms with Gasteiger partial charge in [0.05, 0.1) is 10.9 Å². The highest BCUT2D eigenvalue weighted by atomic mass is 35.5. The zero-order valence-electron chi connectivity index (χ0n) is 26.4. The number of nitrogens with one attached hydrogen (secondary N) is 2. The van der Waals surface area contributed by atoms with E-state index in [1.165, 1.54) is 0 Å². The molecule has 14 heteroatoms. The molecule has 0 spiro atoms. The smallest absolute Gasteiger partial charge is 0.410 e. The van der Waals surface area contributed by atoms with Crippen molar-refractivity contribution < 1.29 is 23.9 Å². The van der Waals surface area contributed by atoms with Crippen molar-refractivity contribution in [3.05, 3.63) is 52.0 Å². The average Bonchev–Trinajstić information content (AvgIpc) is 3.50. The van der Waals surface area contributed by atoms with E-state index in [0.29, 0.717) is 84.2 Å². The Labute approximate surface area is 278 Å². The van der Waals surface area contributed by atoms with E-state index in [9.17, 15) is 14.4 Å². The Morgan fingerprint density at radius 2 is 1.76 bits per heavy atom. The normalized spacial score (nSPS) is 16.8. The van der Waals surface area contributed by atoms with Crippen LogP contribution >= 0.6 is 23.2 Å². The number of carbonyl (C=O) groups is 3. The molecule has 3 heterocycles. The number of amides is 4. The van der Waals surface area contributed by atoms with Crippen LogP contribution in [-0.2, 0) is 16.1 Å². The van der Waals surface area contributed by atoms with Crippen molar-refractivity contribution in [3.8, 4) is 5.88 Å². The van der Waals surface area contributed by atoms with Crippen LogP contribution in [0.1, 0.15) is 46.1 Å².